The summed E-state index contributed by atoms with van der Waals surface area (Å²) in [6.45, 7) is -0.203. The van der Waals surface area contributed by atoms with Crippen LogP contribution in [0.3, 0.4) is 0 Å². The molecule has 1 heterocycles. The van der Waals surface area contributed by atoms with Crippen molar-refractivity contribution < 1.29 is 22.3 Å². The Morgan fingerprint density at radius 2 is 1.93 bits per heavy atom. The summed E-state index contributed by atoms with van der Waals surface area (Å²) < 4.78 is 52.0. The van der Waals surface area contributed by atoms with Gasteiger partial charge < -0.3 is 10.1 Å². The fourth-order valence-electron chi connectivity index (χ4n) is 3.37. The molecular formula is C19H18ClF2NO3S. The van der Waals surface area contributed by atoms with Crippen molar-refractivity contribution in [1.82, 2.24) is 4.98 Å². The highest BCUT2D eigenvalue weighted by Crippen LogP contribution is 2.36. The maximum absolute atomic E-state index is 14.5. The van der Waals surface area contributed by atoms with Gasteiger partial charge in [-0.2, -0.15) is 0 Å². The molecule has 0 fully saturated rings. The number of hydrogen-bond donors (Lipinski definition) is 2. The van der Waals surface area contributed by atoms with Gasteiger partial charge in [0, 0.05) is 35.4 Å². The third-order valence-electron chi connectivity index (χ3n) is 4.42. The molecule has 0 spiro atoms. The zero-order valence-electron chi connectivity index (χ0n) is 14.5. The van der Waals surface area contributed by atoms with Crippen LogP contribution in [-0.2, 0) is 15.6 Å². The van der Waals surface area contributed by atoms with E-state index in [9.17, 15) is 22.3 Å². The second kappa shape index (κ2) is 7.58. The van der Waals surface area contributed by atoms with Crippen molar-refractivity contribution in [3.05, 3.63) is 69.9 Å². The molecule has 0 radical (unpaired) electrons. The summed E-state index contributed by atoms with van der Waals surface area (Å²) >= 11 is 5.82. The molecule has 1 atom stereocenters. The molecule has 0 saturated heterocycles. The predicted molar refractivity (Wildman–Crippen MR) is 102 cm³/mol. The smallest absolute Gasteiger partial charge is 0.151 e. The molecule has 8 heteroatoms. The fraction of sp³-hybridized carbons (Fsp3) is 0.263. The molecular weight excluding hydrogens is 396 g/mol. The highest BCUT2D eigenvalue weighted by Gasteiger charge is 2.23. The van der Waals surface area contributed by atoms with Crippen LogP contribution in [0.2, 0.25) is 5.02 Å². The van der Waals surface area contributed by atoms with Crippen LogP contribution in [0, 0.1) is 11.6 Å². The number of fused-ring (bicyclic) bond motifs is 1. The lowest BCUT2D eigenvalue weighted by Crippen LogP contribution is -2.06. The molecule has 27 heavy (non-hydrogen) atoms. The number of H-pyrrole nitrogens is 1. The van der Waals surface area contributed by atoms with Crippen LogP contribution in [0.15, 0.2) is 36.5 Å². The third-order valence-corrected chi connectivity index (χ3v) is 5.49. The number of benzene rings is 2. The highest BCUT2D eigenvalue weighted by molar-refractivity contribution is 7.89. The number of aliphatic hydroxyl groups is 1. The number of hydrogen-bond acceptors (Lipinski definition) is 3. The van der Waals surface area contributed by atoms with E-state index in [4.69, 9.17) is 11.6 Å². The Bertz CT molecular complexity index is 1100. The summed E-state index contributed by atoms with van der Waals surface area (Å²) in [6, 6.07) is 6.73. The van der Waals surface area contributed by atoms with Crippen LogP contribution in [0.25, 0.3) is 10.9 Å². The molecule has 4 nitrogen and oxygen atoms in total. The summed E-state index contributed by atoms with van der Waals surface area (Å²) in [7, 11) is -3.37. The molecule has 0 aliphatic rings. The first-order valence-electron chi connectivity index (χ1n) is 8.22. The third kappa shape index (κ3) is 4.31. The molecule has 0 amide bonds. The number of aromatic nitrogens is 1. The number of aromatic amines is 1. The van der Waals surface area contributed by atoms with Gasteiger partial charge >= 0.3 is 0 Å². The summed E-state index contributed by atoms with van der Waals surface area (Å²) in [5.74, 6) is -1.97. The Kier molecular flexibility index (Phi) is 5.55. The number of nitrogens with one attached hydrogen (secondary N) is 1. The molecule has 0 bridgehead atoms. The summed E-state index contributed by atoms with van der Waals surface area (Å²) in [6.07, 6.45) is 2.89. The normalized spacial score (nSPS) is 13.2. The Morgan fingerprint density at radius 1 is 1.19 bits per heavy atom. The van der Waals surface area contributed by atoms with Gasteiger partial charge in [0.2, 0.25) is 0 Å². The molecule has 0 aliphatic carbocycles. The van der Waals surface area contributed by atoms with Crippen molar-refractivity contribution in [2.75, 3.05) is 12.9 Å². The van der Waals surface area contributed by atoms with Gasteiger partial charge in [-0.05, 0) is 47.4 Å². The van der Waals surface area contributed by atoms with E-state index in [-0.39, 0.29) is 23.8 Å². The predicted octanol–water partition coefficient (Wildman–Crippen LogP) is 4.16. The van der Waals surface area contributed by atoms with Gasteiger partial charge in [-0.15, -0.1) is 0 Å². The first-order chi connectivity index (χ1) is 12.7. The number of sulfone groups is 1. The van der Waals surface area contributed by atoms with E-state index in [1.54, 1.807) is 12.3 Å². The first-order valence-corrected chi connectivity index (χ1v) is 10.7. The molecule has 0 aliphatic heterocycles. The van der Waals surface area contributed by atoms with E-state index in [2.05, 4.69) is 4.98 Å². The van der Waals surface area contributed by atoms with Crippen LogP contribution in [-0.4, -0.2) is 31.4 Å². The van der Waals surface area contributed by atoms with E-state index < -0.39 is 27.4 Å². The minimum atomic E-state index is -3.37. The highest BCUT2D eigenvalue weighted by atomic mass is 35.5. The van der Waals surface area contributed by atoms with Gasteiger partial charge in [0.15, 0.2) is 9.84 Å². The van der Waals surface area contributed by atoms with Crippen LogP contribution >= 0.6 is 11.6 Å². The zero-order chi connectivity index (χ0) is 19.8. The Labute approximate surface area is 160 Å². The summed E-state index contributed by atoms with van der Waals surface area (Å²) in [4.78, 5) is 2.98. The van der Waals surface area contributed by atoms with Crippen LogP contribution < -0.4 is 0 Å². The van der Waals surface area contributed by atoms with Crippen LogP contribution in [0.5, 0.6) is 0 Å². The Morgan fingerprint density at radius 3 is 2.56 bits per heavy atom. The summed E-state index contributed by atoms with van der Waals surface area (Å²) in [5.41, 5.74) is 1.69. The molecule has 1 aromatic heterocycles. The van der Waals surface area contributed by atoms with Crippen LogP contribution in [0.4, 0.5) is 8.78 Å². The van der Waals surface area contributed by atoms with Crippen LogP contribution in [0.1, 0.15) is 29.0 Å². The average Bonchev–Trinajstić information content (AvgIpc) is 2.95. The van der Waals surface area contributed by atoms with E-state index in [1.165, 1.54) is 24.3 Å². The molecule has 1 unspecified atom stereocenters. The lowest BCUT2D eigenvalue weighted by molar-refractivity contribution is 0.281. The molecule has 0 saturated carbocycles. The SMILES string of the molecule is CS(=O)(=O)Cc1cc(F)cc2c(C(CCO)c3ccc(Cl)cc3F)c[nH]c12. The maximum Gasteiger partial charge on any atom is 0.151 e. The van der Waals surface area contributed by atoms with Gasteiger partial charge in [0.1, 0.15) is 11.6 Å². The van der Waals surface area contributed by atoms with Crippen molar-refractivity contribution in [1.29, 1.82) is 0 Å². The first kappa shape index (κ1) is 19.8. The maximum atomic E-state index is 14.5. The lowest BCUT2D eigenvalue weighted by Gasteiger charge is -2.17. The van der Waals surface area contributed by atoms with Crippen molar-refractivity contribution in [2.24, 2.45) is 0 Å². The Balaban J connectivity index is 2.19. The van der Waals surface area contributed by atoms with E-state index >= 15 is 0 Å². The van der Waals surface area contributed by atoms with Gasteiger partial charge in [-0.1, -0.05) is 17.7 Å². The number of halogens is 3. The molecule has 3 aromatic rings. The Hall–Kier alpha value is -1.96. The molecule has 2 aromatic carbocycles. The monoisotopic (exact) mass is 413 g/mol. The largest absolute Gasteiger partial charge is 0.396 e. The van der Waals surface area contributed by atoms with Gasteiger partial charge in [-0.3, -0.25) is 0 Å². The second-order valence-electron chi connectivity index (χ2n) is 6.53. The average molecular weight is 414 g/mol. The second-order valence-corrected chi connectivity index (χ2v) is 9.11. The lowest BCUT2D eigenvalue weighted by atomic mass is 9.88. The molecule has 2 N–H and O–H groups in total. The minimum absolute atomic E-state index is 0.203. The van der Waals surface area contributed by atoms with Crippen molar-refractivity contribution in [2.45, 2.75) is 18.1 Å². The standard InChI is InChI=1S/C19H18ClF2NO3S/c1-27(25,26)10-11-6-13(21)8-16-17(9-23-19(11)16)14(4-5-24)15-3-2-12(20)7-18(15)22/h2-3,6-9,14,23-24H,4-5,10H2,1H3. The quantitative estimate of drug-likeness (QED) is 0.637. The molecule has 144 valence electrons. The number of aliphatic hydroxyl groups excluding tert-OH is 1. The topological polar surface area (TPSA) is 70.2 Å². The zero-order valence-corrected chi connectivity index (χ0v) is 16.0. The van der Waals surface area contributed by atoms with E-state index in [0.717, 1.165) is 6.26 Å². The van der Waals surface area contributed by atoms with E-state index in [1.807, 2.05) is 0 Å². The number of rotatable bonds is 6. The van der Waals surface area contributed by atoms with Gasteiger partial charge in [0.25, 0.3) is 0 Å². The van der Waals surface area contributed by atoms with Crippen molar-refractivity contribution >= 4 is 32.3 Å². The fourth-order valence-corrected chi connectivity index (χ4v) is 4.32. The molecule has 3 rings (SSSR count). The summed E-state index contributed by atoms with van der Waals surface area (Å²) in [5, 5.41) is 10.2. The van der Waals surface area contributed by atoms with E-state index in [0.29, 0.717) is 27.6 Å². The van der Waals surface area contributed by atoms with Gasteiger partial charge in [0.05, 0.1) is 11.3 Å². The van der Waals surface area contributed by atoms with Gasteiger partial charge in [-0.25, -0.2) is 17.2 Å². The van der Waals surface area contributed by atoms with Crippen molar-refractivity contribution in [3.8, 4) is 0 Å². The van der Waals surface area contributed by atoms with Crippen molar-refractivity contribution in [3.63, 3.8) is 0 Å². The minimum Gasteiger partial charge on any atom is -0.396 e.